The summed E-state index contributed by atoms with van der Waals surface area (Å²) in [7, 11) is 0. The molecule has 0 heterocycles. The molecule has 0 aromatic heterocycles. The summed E-state index contributed by atoms with van der Waals surface area (Å²) in [5, 5.41) is 11.7. The van der Waals surface area contributed by atoms with Gasteiger partial charge in [-0.25, -0.2) is 0 Å². The topological polar surface area (TPSA) is 56.1 Å². The van der Waals surface area contributed by atoms with Crippen molar-refractivity contribution in [3.05, 3.63) is 29.8 Å². The number of benzene rings is 1. The van der Waals surface area contributed by atoms with Crippen molar-refractivity contribution < 1.29 is 4.79 Å². The van der Waals surface area contributed by atoms with Gasteiger partial charge in [0, 0.05) is 24.7 Å². The number of hydrogen-bond donors (Lipinski definition) is 1. The van der Waals surface area contributed by atoms with Crippen LogP contribution in [-0.2, 0) is 4.79 Å². The summed E-state index contributed by atoms with van der Waals surface area (Å²) in [6.45, 7) is 8.20. The largest absolute Gasteiger partial charge is 0.326 e. The van der Waals surface area contributed by atoms with E-state index in [0.717, 1.165) is 19.5 Å². The van der Waals surface area contributed by atoms with E-state index in [9.17, 15) is 4.79 Å². The summed E-state index contributed by atoms with van der Waals surface area (Å²) in [6.07, 6.45) is 1.55. The van der Waals surface area contributed by atoms with Crippen LogP contribution in [0.25, 0.3) is 0 Å². The molecular formula is C16H23N3O. The lowest BCUT2D eigenvalue weighted by atomic mass is 10.2. The summed E-state index contributed by atoms with van der Waals surface area (Å²) >= 11 is 0. The first kappa shape index (κ1) is 16.2. The Labute approximate surface area is 121 Å². The summed E-state index contributed by atoms with van der Waals surface area (Å²) in [5.41, 5.74) is 1.23. The summed E-state index contributed by atoms with van der Waals surface area (Å²) in [4.78, 5) is 14.2. The maximum atomic E-state index is 11.9. The molecule has 1 N–H and O–H groups in total. The molecule has 0 spiro atoms. The monoisotopic (exact) mass is 273 g/mol. The van der Waals surface area contributed by atoms with Crippen LogP contribution in [-0.4, -0.2) is 29.9 Å². The molecule has 0 aliphatic rings. The Bertz CT molecular complexity index is 477. The molecule has 0 radical (unpaired) electrons. The van der Waals surface area contributed by atoms with Gasteiger partial charge in [0.15, 0.2) is 0 Å². The van der Waals surface area contributed by atoms with Gasteiger partial charge in [0.2, 0.25) is 5.91 Å². The predicted octanol–water partition coefficient (Wildman–Crippen LogP) is 3.01. The summed E-state index contributed by atoms with van der Waals surface area (Å²) in [6, 6.07) is 9.48. The Kier molecular flexibility index (Phi) is 6.75. The molecule has 0 aliphatic heterocycles. The Morgan fingerprint density at radius 3 is 2.75 bits per heavy atom. The molecule has 1 aromatic carbocycles. The number of carbonyl (C=O) groups is 1. The molecule has 0 saturated carbocycles. The first-order chi connectivity index (χ1) is 9.56. The average Bonchev–Trinajstić information content (AvgIpc) is 2.43. The standard InChI is InChI=1S/C16H23N3O/c1-4-9-19(13(2)3)10-8-16(20)18-15-7-5-6-14(11-15)12-17/h5-7,11,13H,4,8-10H2,1-3H3,(H,18,20). The van der Waals surface area contributed by atoms with Crippen molar-refractivity contribution in [3.63, 3.8) is 0 Å². The number of amides is 1. The second-order valence-corrected chi connectivity index (χ2v) is 5.12. The number of hydrogen-bond acceptors (Lipinski definition) is 3. The fourth-order valence-corrected chi connectivity index (χ4v) is 2.05. The van der Waals surface area contributed by atoms with Crippen molar-refractivity contribution in [2.75, 3.05) is 18.4 Å². The molecule has 1 amide bonds. The third-order valence-corrected chi connectivity index (χ3v) is 3.14. The lowest BCUT2D eigenvalue weighted by Crippen LogP contribution is -2.34. The second kappa shape index (κ2) is 8.34. The lowest BCUT2D eigenvalue weighted by Gasteiger charge is -2.25. The molecule has 1 aromatic rings. The molecular weight excluding hydrogens is 250 g/mol. The van der Waals surface area contributed by atoms with Gasteiger partial charge in [0.1, 0.15) is 0 Å². The van der Waals surface area contributed by atoms with Gasteiger partial charge in [-0.1, -0.05) is 13.0 Å². The van der Waals surface area contributed by atoms with E-state index in [2.05, 4.69) is 37.1 Å². The van der Waals surface area contributed by atoms with E-state index < -0.39 is 0 Å². The molecule has 20 heavy (non-hydrogen) atoms. The van der Waals surface area contributed by atoms with Crippen LogP contribution < -0.4 is 5.32 Å². The minimum absolute atomic E-state index is 0.0122. The van der Waals surface area contributed by atoms with E-state index in [4.69, 9.17) is 5.26 Å². The molecule has 1 rings (SSSR count). The molecule has 0 atom stereocenters. The highest BCUT2D eigenvalue weighted by Gasteiger charge is 2.10. The zero-order valence-corrected chi connectivity index (χ0v) is 12.5. The fourth-order valence-electron chi connectivity index (χ4n) is 2.05. The number of nitrogens with one attached hydrogen (secondary N) is 1. The van der Waals surface area contributed by atoms with Gasteiger partial charge >= 0.3 is 0 Å². The van der Waals surface area contributed by atoms with Gasteiger partial charge < -0.3 is 10.2 Å². The average molecular weight is 273 g/mol. The van der Waals surface area contributed by atoms with Crippen LogP contribution in [0.1, 0.15) is 39.2 Å². The van der Waals surface area contributed by atoms with Crippen molar-refractivity contribution in [1.82, 2.24) is 4.90 Å². The van der Waals surface area contributed by atoms with E-state index in [0.29, 0.717) is 23.7 Å². The van der Waals surface area contributed by atoms with Gasteiger partial charge in [-0.2, -0.15) is 5.26 Å². The molecule has 108 valence electrons. The van der Waals surface area contributed by atoms with Crippen LogP contribution in [0.15, 0.2) is 24.3 Å². The van der Waals surface area contributed by atoms with Crippen molar-refractivity contribution >= 4 is 11.6 Å². The van der Waals surface area contributed by atoms with Crippen molar-refractivity contribution in [1.29, 1.82) is 5.26 Å². The molecule has 0 aliphatic carbocycles. The Balaban J connectivity index is 2.49. The maximum absolute atomic E-state index is 11.9. The van der Waals surface area contributed by atoms with Gasteiger partial charge in [-0.05, 0) is 45.0 Å². The van der Waals surface area contributed by atoms with E-state index in [1.54, 1.807) is 24.3 Å². The van der Waals surface area contributed by atoms with E-state index in [1.165, 1.54) is 0 Å². The van der Waals surface area contributed by atoms with Gasteiger partial charge in [0.25, 0.3) is 0 Å². The van der Waals surface area contributed by atoms with E-state index >= 15 is 0 Å². The summed E-state index contributed by atoms with van der Waals surface area (Å²) < 4.78 is 0. The van der Waals surface area contributed by atoms with Crippen LogP contribution in [0.5, 0.6) is 0 Å². The number of nitriles is 1. The van der Waals surface area contributed by atoms with Crippen LogP contribution in [0, 0.1) is 11.3 Å². The number of nitrogens with zero attached hydrogens (tertiary/aromatic N) is 2. The highest BCUT2D eigenvalue weighted by molar-refractivity contribution is 5.90. The molecule has 0 bridgehead atoms. The van der Waals surface area contributed by atoms with Crippen LogP contribution in [0.3, 0.4) is 0 Å². The lowest BCUT2D eigenvalue weighted by molar-refractivity contribution is -0.116. The van der Waals surface area contributed by atoms with Crippen molar-refractivity contribution in [2.24, 2.45) is 0 Å². The summed E-state index contributed by atoms with van der Waals surface area (Å²) in [5.74, 6) is -0.0122. The zero-order valence-electron chi connectivity index (χ0n) is 12.5. The van der Waals surface area contributed by atoms with Crippen molar-refractivity contribution in [3.8, 4) is 6.07 Å². The zero-order chi connectivity index (χ0) is 15.0. The molecule has 4 heteroatoms. The maximum Gasteiger partial charge on any atom is 0.225 e. The third kappa shape index (κ3) is 5.41. The number of rotatable bonds is 7. The van der Waals surface area contributed by atoms with Crippen LogP contribution in [0.2, 0.25) is 0 Å². The molecule has 0 saturated heterocycles. The first-order valence-corrected chi connectivity index (χ1v) is 7.11. The highest BCUT2D eigenvalue weighted by atomic mass is 16.1. The number of anilines is 1. The second-order valence-electron chi connectivity index (χ2n) is 5.12. The normalized spacial score (nSPS) is 10.6. The van der Waals surface area contributed by atoms with Crippen LogP contribution in [0.4, 0.5) is 5.69 Å². The minimum atomic E-state index is -0.0122. The number of carbonyl (C=O) groups excluding carboxylic acids is 1. The van der Waals surface area contributed by atoms with Crippen molar-refractivity contribution in [2.45, 2.75) is 39.7 Å². The SMILES string of the molecule is CCCN(CCC(=O)Nc1cccc(C#N)c1)C(C)C. The van der Waals surface area contributed by atoms with Crippen LogP contribution >= 0.6 is 0 Å². The fraction of sp³-hybridized carbons (Fsp3) is 0.500. The molecule has 0 unspecified atom stereocenters. The highest BCUT2D eigenvalue weighted by Crippen LogP contribution is 2.10. The minimum Gasteiger partial charge on any atom is -0.326 e. The van der Waals surface area contributed by atoms with Gasteiger partial charge in [0.05, 0.1) is 11.6 Å². The predicted molar refractivity (Wildman–Crippen MR) is 81.4 cm³/mol. The van der Waals surface area contributed by atoms with E-state index in [1.807, 2.05) is 0 Å². The van der Waals surface area contributed by atoms with Gasteiger partial charge in [-0.15, -0.1) is 0 Å². The Hall–Kier alpha value is -1.86. The molecule has 4 nitrogen and oxygen atoms in total. The Morgan fingerprint density at radius 2 is 2.15 bits per heavy atom. The first-order valence-electron chi connectivity index (χ1n) is 7.11. The smallest absolute Gasteiger partial charge is 0.225 e. The quantitative estimate of drug-likeness (QED) is 0.831. The Morgan fingerprint density at radius 1 is 1.40 bits per heavy atom. The molecule has 0 fully saturated rings. The van der Waals surface area contributed by atoms with Gasteiger partial charge in [-0.3, -0.25) is 4.79 Å². The van der Waals surface area contributed by atoms with E-state index in [-0.39, 0.29) is 5.91 Å². The third-order valence-electron chi connectivity index (χ3n) is 3.14.